The molecule has 12 heteroatoms. The molecule has 2 aromatic carbocycles. The van der Waals surface area contributed by atoms with Crippen LogP contribution in [0.15, 0.2) is 53.4 Å². The zero-order valence-corrected chi connectivity index (χ0v) is 18.4. The van der Waals surface area contributed by atoms with Gasteiger partial charge in [0.25, 0.3) is 0 Å². The van der Waals surface area contributed by atoms with E-state index >= 15 is 8.78 Å². The molecule has 1 spiro atoms. The number of carbonyl (C=O) groups is 1. The van der Waals surface area contributed by atoms with Crippen LogP contribution >= 0.6 is 0 Å². The van der Waals surface area contributed by atoms with Gasteiger partial charge in [-0.3, -0.25) is 0 Å². The normalized spacial score (nSPS) is 23.0. The predicted octanol–water partition coefficient (Wildman–Crippen LogP) is 3.12. The van der Waals surface area contributed by atoms with Gasteiger partial charge in [0.15, 0.2) is 0 Å². The molecular weight excluding hydrogens is 463 g/mol. The van der Waals surface area contributed by atoms with Crippen molar-refractivity contribution in [3.05, 3.63) is 54.3 Å². The average molecular weight is 485 g/mol. The number of halogens is 3. The lowest BCUT2D eigenvalue weighted by Crippen LogP contribution is -2.68. The van der Waals surface area contributed by atoms with E-state index in [0.29, 0.717) is 4.31 Å². The smallest absolute Gasteiger partial charge is 0.322 e. The highest BCUT2D eigenvalue weighted by Crippen LogP contribution is 2.47. The fourth-order valence-corrected chi connectivity index (χ4v) is 5.84. The molecule has 33 heavy (non-hydrogen) atoms. The molecule has 2 heterocycles. The number of ether oxygens (including phenoxy) is 2. The quantitative estimate of drug-likeness (QED) is 0.719. The third-order valence-corrected chi connectivity index (χ3v) is 7.62. The largest absolute Gasteiger partial charge is 0.497 e. The summed E-state index contributed by atoms with van der Waals surface area (Å²) >= 11 is 0. The molecule has 8 nitrogen and oxygen atoms in total. The zero-order valence-electron chi connectivity index (χ0n) is 17.6. The van der Waals surface area contributed by atoms with Gasteiger partial charge in [0.05, 0.1) is 25.2 Å². The summed E-state index contributed by atoms with van der Waals surface area (Å²) < 4.78 is 82.0. The molecule has 2 fully saturated rings. The number of hydrogen-bond donors (Lipinski definition) is 1. The predicted molar refractivity (Wildman–Crippen MR) is 112 cm³/mol. The van der Waals surface area contributed by atoms with Crippen LogP contribution in [0.3, 0.4) is 0 Å². The van der Waals surface area contributed by atoms with Crippen molar-refractivity contribution >= 4 is 21.7 Å². The van der Waals surface area contributed by atoms with E-state index in [9.17, 15) is 17.6 Å². The summed E-state index contributed by atoms with van der Waals surface area (Å²) in [7, 11) is -2.99. The first kappa shape index (κ1) is 23.3. The van der Waals surface area contributed by atoms with Crippen LogP contribution in [0.5, 0.6) is 5.75 Å². The molecule has 0 bridgehead atoms. The monoisotopic (exact) mass is 485 g/mol. The first-order valence-corrected chi connectivity index (χ1v) is 11.5. The molecule has 0 aromatic heterocycles. The zero-order chi connectivity index (χ0) is 23.9. The van der Waals surface area contributed by atoms with E-state index in [1.807, 2.05) is 0 Å². The van der Waals surface area contributed by atoms with Gasteiger partial charge in [-0.1, -0.05) is 12.1 Å². The Morgan fingerprint density at radius 3 is 2.61 bits per heavy atom. The number of likely N-dealkylation sites (tertiary alicyclic amines) is 1. The van der Waals surface area contributed by atoms with Crippen molar-refractivity contribution in [1.29, 1.82) is 0 Å². The van der Waals surface area contributed by atoms with Crippen molar-refractivity contribution in [3.8, 4) is 5.75 Å². The lowest BCUT2D eigenvalue weighted by Gasteiger charge is -2.47. The highest BCUT2D eigenvalue weighted by Gasteiger charge is 2.67. The maximum Gasteiger partial charge on any atom is 0.322 e. The molecule has 2 aromatic rings. The van der Waals surface area contributed by atoms with Crippen LogP contribution in [-0.4, -0.2) is 68.7 Å². The number of nitrogens with zero attached hydrogens (tertiary/aromatic N) is 2. The van der Waals surface area contributed by atoms with Gasteiger partial charge >= 0.3 is 12.0 Å². The molecule has 2 aliphatic heterocycles. The number of methoxy groups -OCH3 is 1. The van der Waals surface area contributed by atoms with E-state index in [2.05, 4.69) is 5.32 Å². The number of carbonyl (C=O) groups excluding carboxylic acids is 1. The molecule has 4 rings (SSSR count). The number of sulfonamides is 1. The van der Waals surface area contributed by atoms with E-state index in [4.69, 9.17) is 9.47 Å². The van der Waals surface area contributed by atoms with Gasteiger partial charge in [0, 0.05) is 31.3 Å². The van der Waals surface area contributed by atoms with Crippen molar-refractivity contribution in [2.75, 3.05) is 38.7 Å². The van der Waals surface area contributed by atoms with Crippen LogP contribution in [0.2, 0.25) is 0 Å². The topological polar surface area (TPSA) is 88.2 Å². The number of rotatable bonds is 4. The number of amides is 2. The summed E-state index contributed by atoms with van der Waals surface area (Å²) in [6.45, 7) is -1.74. The number of alkyl halides is 2. The third-order valence-electron chi connectivity index (χ3n) is 5.71. The Balaban J connectivity index is 1.57. The van der Waals surface area contributed by atoms with Gasteiger partial charge in [-0.2, -0.15) is 13.1 Å². The molecule has 1 unspecified atom stereocenters. The Morgan fingerprint density at radius 1 is 1.15 bits per heavy atom. The number of anilines is 1. The van der Waals surface area contributed by atoms with E-state index in [1.54, 1.807) is 6.07 Å². The highest BCUT2D eigenvalue weighted by atomic mass is 32.2. The van der Waals surface area contributed by atoms with Crippen molar-refractivity contribution < 1.29 is 35.9 Å². The second kappa shape index (κ2) is 8.50. The summed E-state index contributed by atoms with van der Waals surface area (Å²) in [5.74, 6) is -4.04. The van der Waals surface area contributed by atoms with E-state index in [1.165, 1.54) is 43.5 Å². The van der Waals surface area contributed by atoms with Gasteiger partial charge in [0.1, 0.15) is 11.6 Å². The van der Waals surface area contributed by atoms with E-state index < -0.39 is 46.5 Å². The number of hydrogen-bond acceptors (Lipinski definition) is 5. The van der Waals surface area contributed by atoms with Crippen molar-refractivity contribution in [2.45, 2.75) is 23.0 Å². The number of urea groups is 1. The number of benzene rings is 2. The SMILES string of the molecule is COc1cccc(S(=O)(=O)N2CCOC23CCN(C(=O)Nc2cccc(F)c2)CC3(F)F)c1. The second-order valence-corrected chi connectivity index (χ2v) is 9.57. The lowest BCUT2D eigenvalue weighted by atomic mass is 9.96. The van der Waals surface area contributed by atoms with E-state index in [-0.39, 0.29) is 36.0 Å². The maximum absolute atomic E-state index is 15.5. The molecule has 2 saturated heterocycles. The van der Waals surface area contributed by atoms with Crippen LogP contribution in [-0.2, 0) is 14.8 Å². The van der Waals surface area contributed by atoms with Crippen molar-refractivity contribution in [3.63, 3.8) is 0 Å². The molecule has 178 valence electrons. The van der Waals surface area contributed by atoms with Gasteiger partial charge < -0.3 is 19.7 Å². The minimum Gasteiger partial charge on any atom is -0.497 e. The van der Waals surface area contributed by atoms with Crippen molar-refractivity contribution in [1.82, 2.24) is 9.21 Å². The standard InChI is InChI=1S/C21H22F3N3O5S/c1-31-17-6-3-7-18(13-17)33(29,30)27-10-11-32-21(27)8-9-26(14-20(21,23)24)19(28)25-16-5-2-4-15(22)12-16/h2-7,12-13H,8-11,14H2,1H3,(H,25,28). The van der Waals surface area contributed by atoms with Crippen LogP contribution in [0.4, 0.5) is 23.7 Å². The van der Waals surface area contributed by atoms with Gasteiger partial charge in [-0.05, 0) is 30.3 Å². The van der Waals surface area contributed by atoms with Crippen LogP contribution in [0.25, 0.3) is 0 Å². The Labute approximate surface area is 188 Å². The minimum absolute atomic E-state index is 0.114. The first-order chi connectivity index (χ1) is 15.6. The Hall–Kier alpha value is -2.83. The van der Waals surface area contributed by atoms with Crippen LogP contribution in [0.1, 0.15) is 6.42 Å². The second-order valence-electron chi connectivity index (χ2n) is 7.71. The highest BCUT2D eigenvalue weighted by molar-refractivity contribution is 7.89. The van der Waals surface area contributed by atoms with Gasteiger partial charge in [-0.15, -0.1) is 0 Å². The summed E-state index contributed by atoms with van der Waals surface area (Å²) in [6, 6.07) is 9.73. The van der Waals surface area contributed by atoms with Gasteiger partial charge in [0.2, 0.25) is 15.7 Å². The minimum atomic E-state index is -4.35. The molecule has 2 aliphatic rings. The summed E-state index contributed by atoms with van der Waals surface area (Å²) in [6.07, 6.45) is -0.445. The molecule has 0 radical (unpaired) electrons. The third kappa shape index (κ3) is 4.13. The Morgan fingerprint density at radius 2 is 1.91 bits per heavy atom. The number of piperidine rings is 1. The molecule has 1 atom stereocenters. The number of nitrogens with one attached hydrogen (secondary N) is 1. The van der Waals surface area contributed by atoms with Gasteiger partial charge in [-0.25, -0.2) is 17.6 Å². The lowest BCUT2D eigenvalue weighted by molar-refractivity contribution is -0.246. The Kier molecular flexibility index (Phi) is 6.01. The fourth-order valence-electron chi connectivity index (χ4n) is 4.09. The van der Waals surface area contributed by atoms with E-state index in [0.717, 1.165) is 11.0 Å². The molecule has 2 amide bonds. The summed E-state index contributed by atoms with van der Waals surface area (Å²) in [5, 5.41) is 2.38. The summed E-state index contributed by atoms with van der Waals surface area (Å²) in [5.41, 5.74) is -2.31. The van der Waals surface area contributed by atoms with Crippen molar-refractivity contribution in [2.24, 2.45) is 0 Å². The Bertz CT molecular complexity index is 1160. The fraction of sp³-hybridized carbons (Fsp3) is 0.381. The maximum atomic E-state index is 15.5. The van der Waals surface area contributed by atoms with Crippen LogP contribution in [0, 0.1) is 5.82 Å². The van der Waals surface area contributed by atoms with Crippen LogP contribution < -0.4 is 10.1 Å². The molecular formula is C21H22F3N3O5S. The summed E-state index contributed by atoms with van der Waals surface area (Å²) in [4.78, 5) is 13.2. The first-order valence-electron chi connectivity index (χ1n) is 10.1. The average Bonchev–Trinajstić information content (AvgIpc) is 3.22. The molecule has 0 aliphatic carbocycles. The molecule has 0 saturated carbocycles. The molecule has 1 N–H and O–H groups in total.